The highest BCUT2D eigenvalue weighted by Gasteiger charge is 2.46. The topological polar surface area (TPSA) is 21.7 Å². The lowest BCUT2D eigenvalue weighted by Gasteiger charge is -2.38. The van der Waals surface area contributed by atoms with Gasteiger partial charge in [0.2, 0.25) is 0 Å². The SMILES string of the molecule is c1ccc(C2(c3ccccc3)c3ccccc3-c3c(-c4ccc(-c5cc6c7c(c5)Oc5ccccc5N7c5ccccc5O6)cc4)cccc32)cc1. The van der Waals surface area contributed by atoms with Crippen LogP contribution in [0.3, 0.4) is 0 Å². The van der Waals surface area contributed by atoms with Crippen molar-refractivity contribution < 1.29 is 9.47 Å². The minimum absolute atomic E-state index is 0.431. The number of anilines is 3. The minimum atomic E-state index is -0.431. The van der Waals surface area contributed by atoms with Crippen LogP contribution in [0.4, 0.5) is 17.1 Å². The Balaban J connectivity index is 1.05. The van der Waals surface area contributed by atoms with Crippen molar-refractivity contribution in [3.05, 3.63) is 210 Å². The van der Waals surface area contributed by atoms with Crippen molar-refractivity contribution >= 4 is 17.1 Å². The molecule has 1 aliphatic carbocycles. The highest BCUT2D eigenvalue weighted by Crippen LogP contribution is 2.61. The number of nitrogens with zero attached hydrogens (tertiary/aromatic N) is 1. The van der Waals surface area contributed by atoms with Gasteiger partial charge < -0.3 is 9.47 Å². The molecule has 0 unspecified atom stereocenters. The lowest BCUT2D eigenvalue weighted by Crippen LogP contribution is -2.28. The number of benzene rings is 8. The molecule has 0 radical (unpaired) electrons. The van der Waals surface area contributed by atoms with Crippen molar-refractivity contribution in [2.75, 3.05) is 4.90 Å². The van der Waals surface area contributed by atoms with Gasteiger partial charge in [0.15, 0.2) is 23.0 Å². The molecule has 0 fully saturated rings. The third-order valence-corrected chi connectivity index (χ3v) is 10.9. The number of para-hydroxylation sites is 4. The number of rotatable bonds is 4. The van der Waals surface area contributed by atoms with E-state index in [9.17, 15) is 0 Å². The molecule has 8 aromatic carbocycles. The highest BCUT2D eigenvalue weighted by atomic mass is 16.5. The monoisotopic (exact) mass is 665 g/mol. The maximum absolute atomic E-state index is 6.55. The molecule has 0 saturated heterocycles. The molecule has 3 heteroatoms. The Bertz CT molecular complexity index is 2570. The first-order chi connectivity index (χ1) is 25.8. The molecule has 0 saturated carbocycles. The Kier molecular flexibility index (Phi) is 6.17. The predicted molar refractivity (Wildman–Crippen MR) is 209 cm³/mol. The first-order valence-corrected chi connectivity index (χ1v) is 17.8. The van der Waals surface area contributed by atoms with Gasteiger partial charge in [-0.2, -0.15) is 0 Å². The molecule has 0 amide bonds. The Hall–Kier alpha value is -6.84. The fourth-order valence-corrected chi connectivity index (χ4v) is 8.76. The average Bonchev–Trinajstić information content (AvgIpc) is 3.52. The third-order valence-electron chi connectivity index (χ3n) is 10.9. The summed E-state index contributed by atoms with van der Waals surface area (Å²) in [7, 11) is 0. The number of hydrogen-bond donors (Lipinski definition) is 0. The molecule has 0 spiro atoms. The standard InChI is InChI=1S/C49H31NO2/c1-3-14-35(15-4-1)49(36-16-5-2-6-17-36)39-20-8-7-18-38(39)47-37(19-13-21-40(47)49)33-28-26-32(27-29-33)34-30-45-48-46(31-34)52-44-25-12-10-23-42(44)50(48)41-22-9-11-24-43(41)51-45/h1-31H. The summed E-state index contributed by atoms with van der Waals surface area (Å²) in [4.78, 5) is 2.26. The van der Waals surface area contributed by atoms with Crippen LogP contribution in [0.5, 0.6) is 23.0 Å². The summed E-state index contributed by atoms with van der Waals surface area (Å²) < 4.78 is 13.1. The largest absolute Gasteiger partial charge is 0.453 e. The van der Waals surface area contributed by atoms with E-state index < -0.39 is 5.41 Å². The van der Waals surface area contributed by atoms with E-state index >= 15 is 0 Å². The molecule has 3 aliphatic rings. The molecule has 244 valence electrons. The van der Waals surface area contributed by atoms with E-state index in [4.69, 9.17) is 9.47 Å². The maximum atomic E-state index is 6.55. The van der Waals surface area contributed by atoms with E-state index in [1.807, 2.05) is 36.4 Å². The quantitative estimate of drug-likeness (QED) is 0.187. The van der Waals surface area contributed by atoms with Crippen LogP contribution in [0.2, 0.25) is 0 Å². The fourth-order valence-electron chi connectivity index (χ4n) is 8.76. The Morgan fingerprint density at radius 1 is 0.365 bits per heavy atom. The van der Waals surface area contributed by atoms with E-state index in [1.165, 1.54) is 44.5 Å². The summed E-state index contributed by atoms with van der Waals surface area (Å²) in [5, 5.41) is 0. The van der Waals surface area contributed by atoms with Gasteiger partial charge in [-0.15, -0.1) is 0 Å². The van der Waals surface area contributed by atoms with E-state index in [0.717, 1.165) is 51.2 Å². The molecule has 8 aromatic rings. The molecule has 2 heterocycles. The van der Waals surface area contributed by atoms with E-state index in [-0.39, 0.29) is 0 Å². The average molecular weight is 666 g/mol. The van der Waals surface area contributed by atoms with Crippen molar-refractivity contribution in [3.8, 4) is 56.4 Å². The first kappa shape index (κ1) is 28.9. The van der Waals surface area contributed by atoms with Crippen LogP contribution < -0.4 is 14.4 Å². The third kappa shape index (κ3) is 4.02. The van der Waals surface area contributed by atoms with Crippen molar-refractivity contribution in [3.63, 3.8) is 0 Å². The summed E-state index contributed by atoms with van der Waals surface area (Å²) in [5.41, 5.74) is 14.8. The van der Waals surface area contributed by atoms with Crippen LogP contribution in [0.15, 0.2) is 188 Å². The lowest BCUT2D eigenvalue weighted by atomic mass is 9.67. The van der Waals surface area contributed by atoms with Gasteiger partial charge in [-0.25, -0.2) is 0 Å². The molecule has 0 atom stereocenters. The number of ether oxygens (including phenoxy) is 2. The predicted octanol–water partition coefficient (Wildman–Crippen LogP) is 13.1. The summed E-state index contributed by atoms with van der Waals surface area (Å²) in [6, 6.07) is 67.3. The summed E-state index contributed by atoms with van der Waals surface area (Å²) in [5.74, 6) is 3.21. The Morgan fingerprint density at radius 3 is 1.50 bits per heavy atom. The second-order valence-electron chi connectivity index (χ2n) is 13.6. The Labute approximate surface area is 302 Å². The van der Waals surface area contributed by atoms with Gasteiger partial charge in [0, 0.05) is 0 Å². The van der Waals surface area contributed by atoms with Crippen LogP contribution in [0, 0.1) is 0 Å². The molecule has 11 rings (SSSR count). The van der Waals surface area contributed by atoms with Gasteiger partial charge in [-0.1, -0.05) is 152 Å². The van der Waals surface area contributed by atoms with Gasteiger partial charge >= 0.3 is 0 Å². The van der Waals surface area contributed by atoms with Gasteiger partial charge in [-0.05, 0) is 92.0 Å². The molecule has 0 bridgehead atoms. The maximum Gasteiger partial charge on any atom is 0.156 e. The zero-order valence-electron chi connectivity index (χ0n) is 28.2. The number of hydrogen-bond acceptors (Lipinski definition) is 3. The van der Waals surface area contributed by atoms with Crippen molar-refractivity contribution in [1.29, 1.82) is 0 Å². The van der Waals surface area contributed by atoms with Gasteiger partial charge in [0.05, 0.1) is 16.8 Å². The number of fused-ring (bicyclic) bond motifs is 7. The highest BCUT2D eigenvalue weighted by molar-refractivity contribution is 5.97. The van der Waals surface area contributed by atoms with Gasteiger partial charge in [0.1, 0.15) is 5.69 Å². The van der Waals surface area contributed by atoms with Gasteiger partial charge in [0.25, 0.3) is 0 Å². The molecule has 2 aliphatic heterocycles. The van der Waals surface area contributed by atoms with E-state index in [2.05, 4.69) is 157 Å². The smallest absolute Gasteiger partial charge is 0.156 e. The zero-order valence-corrected chi connectivity index (χ0v) is 28.2. The van der Waals surface area contributed by atoms with Crippen LogP contribution in [-0.2, 0) is 5.41 Å². The molecule has 52 heavy (non-hydrogen) atoms. The van der Waals surface area contributed by atoms with Crippen LogP contribution in [-0.4, -0.2) is 0 Å². The second kappa shape index (κ2) is 11.1. The second-order valence-corrected chi connectivity index (χ2v) is 13.6. The van der Waals surface area contributed by atoms with Crippen LogP contribution >= 0.6 is 0 Å². The van der Waals surface area contributed by atoms with Gasteiger partial charge in [-0.3, -0.25) is 4.90 Å². The van der Waals surface area contributed by atoms with Crippen LogP contribution in [0.25, 0.3) is 33.4 Å². The fraction of sp³-hybridized carbons (Fsp3) is 0.0204. The minimum Gasteiger partial charge on any atom is -0.453 e. The molecular weight excluding hydrogens is 635 g/mol. The van der Waals surface area contributed by atoms with Crippen molar-refractivity contribution in [1.82, 2.24) is 0 Å². The van der Waals surface area contributed by atoms with E-state index in [1.54, 1.807) is 0 Å². The lowest BCUT2D eigenvalue weighted by molar-refractivity contribution is 0.446. The summed E-state index contributed by atoms with van der Waals surface area (Å²) in [6.07, 6.45) is 0. The molecule has 0 aromatic heterocycles. The molecule has 0 N–H and O–H groups in total. The molecule has 3 nitrogen and oxygen atoms in total. The summed E-state index contributed by atoms with van der Waals surface area (Å²) >= 11 is 0. The van der Waals surface area contributed by atoms with E-state index in [0.29, 0.717) is 0 Å². The normalized spacial score (nSPS) is 13.8. The first-order valence-electron chi connectivity index (χ1n) is 17.8. The Morgan fingerprint density at radius 2 is 0.865 bits per heavy atom. The molecular formula is C49H31NO2. The van der Waals surface area contributed by atoms with Crippen molar-refractivity contribution in [2.45, 2.75) is 5.41 Å². The zero-order chi connectivity index (χ0) is 34.2. The summed E-state index contributed by atoms with van der Waals surface area (Å²) in [6.45, 7) is 0. The van der Waals surface area contributed by atoms with Crippen LogP contribution in [0.1, 0.15) is 22.3 Å². The van der Waals surface area contributed by atoms with Crippen molar-refractivity contribution in [2.24, 2.45) is 0 Å².